The molecule has 0 atom stereocenters. The second kappa shape index (κ2) is 7.28. The lowest BCUT2D eigenvalue weighted by atomic mass is 10.0. The third-order valence-electron chi connectivity index (χ3n) is 3.13. The fourth-order valence-corrected chi connectivity index (χ4v) is 1.90. The highest BCUT2D eigenvalue weighted by Crippen LogP contribution is 2.19. The highest BCUT2D eigenvalue weighted by molar-refractivity contribution is 5.74. The maximum atomic E-state index is 11.8. The Kier molecular flexibility index (Phi) is 5.16. The molecule has 0 amide bonds. The molecule has 4 nitrogen and oxygen atoms in total. The molecule has 0 aromatic heterocycles. The van der Waals surface area contributed by atoms with E-state index < -0.39 is 5.97 Å². The standard InChI is InChI=1S/C18H17NO3/c1-13(2)14-7-9-16(10-8-14)22-18(20)12-21-17-6-4-3-5-15(17)11-19/h3-10,13H,12H2,1-2H3. The summed E-state index contributed by atoms with van der Waals surface area (Å²) in [5.41, 5.74) is 1.57. The van der Waals surface area contributed by atoms with Gasteiger partial charge in [0.2, 0.25) is 0 Å². The summed E-state index contributed by atoms with van der Waals surface area (Å²) in [5, 5.41) is 8.94. The van der Waals surface area contributed by atoms with Crippen LogP contribution in [0.2, 0.25) is 0 Å². The zero-order chi connectivity index (χ0) is 15.9. The first-order valence-electron chi connectivity index (χ1n) is 7.02. The second-order valence-electron chi connectivity index (χ2n) is 5.09. The van der Waals surface area contributed by atoms with Crippen LogP contribution in [-0.2, 0) is 4.79 Å². The molecule has 0 saturated carbocycles. The lowest BCUT2D eigenvalue weighted by Gasteiger charge is -2.09. The van der Waals surface area contributed by atoms with E-state index in [-0.39, 0.29) is 6.61 Å². The third-order valence-corrected chi connectivity index (χ3v) is 3.13. The zero-order valence-corrected chi connectivity index (χ0v) is 12.6. The van der Waals surface area contributed by atoms with Crippen LogP contribution >= 0.6 is 0 Å². The highest BCUT2D eigenvalue weighted by atomic mass is 16.6. The Balaban J connectivity index is 1.92. The number of hydrogen-bond donors (Lipinski definition) is 0. The monoisotopic (exact) mass is 295 g/mol. The van der Waals surface area contributed by atoms with E-state index in [4.69, 9.17) is 14.7 Å². The Bertz CT molecular complexity index is 684. The minimum absolute atomic E-state index is 0.245. The summed E-state index contributed by atoms with van der Waals surface area (Å²) in [7, 11) is 0. The number of carbonyl (C=O) groups excluding carboxylic acids is 1. The van der Waals surface area contributed by atoms with Crippen molar-refractivity contribution >= 4 is 5.97 Å². The van der Waals surface area contributed by atoms with Gasteiger partial charge in [0, 0.05) is 0 Å². The van der Waals surface area contributed by atoms with E-state index in [1.807, 2.05) is 18.2 Å². The van der Waals surface area contributed by atoms with Crippen molar-refractivity contribution in [3.63, 3.8) is 0 Å². The molecule has 2 rings (SSSR count). The number of nitriles is 1. The Labute approximate surface area is 129 Å². The average Bonchev–Trinajstić information content (AvgIpc) is 2.53. The second-order valence-corrected chi connectivity index (χ2v) is 5.09. The molecule has 0 radical (unpaired) electrons. The Morgan fingerprint density at radius 3 is 2.45 bits per heavy atom. The summed E-state index contributed by atoms with van der Waals surface area (Å²) in [6, 6.07) is 16.1. The number of para-hydroxylation sites is 1. The predicted molar refractivity (Wildman–Crippen MR) is 82.8 cm³/mol. The van der Waals surface area contributed by atoms with Crippen LogP contribution in [0.1, 0.15) is 30.9 Å². The maximum absolute atomic E-state index is 11.8. The van der Waals surface area contributed by atoms with Gasteiger partial charge in [0.05, 0.1) is 5.56 Å². The fraction of sp³-hybridized carbons (Fsp3) is 0.222. The third kappa shape index (κ3) is 4.10. The first kappa shape index (κ1) is 15.6. The van der Waals surface area contributed by atoms with E-state index in [0.29, 0.717) is 23.0 Å². The molecule has 0 bridgehead atoms. The van der Waals surface area contributed by atoms with Crippen LogP contribution in [0.3, 0.4) is 0 Å². The summed E-state index contributed by atoms with van der Waals surface area (Å²) in [6.45, 7) is 3.95. The summed E-state index contributed by atoms with van der Waals surface area (Å²) in [6.07, 6.45) is 0. The number of benzene rings is 2. The van der Waals surface area contributed by atoms with Crippen molar-refractivity contribution in [2.45, 2.75) is 19.8 Å². The van der Waals surface area contributed by atoms with Gasteiger partial charge in [0.25, 0.3) is 0 Å². The lowest BCUT2D eigenvalue weighted by molar-refractivity contribution is -0.136. The molecule has 0 unspecified atom stereocenters. The number of rotatable bonds is 5. The van der Waals surface area contributed by atoms with Crippen molar-refractivity contribution in [1.29, 1.82) is 5.26 Å². The Hall–Kier alpha value is -2.80. The number of ether oxygens (including phenoxy) is 2. The van der Waals surface area contributed by atoms with Crippen LogP contribution < -0.4 is 9.47 Å². The van der Waals surface area contributed by atoms with E-state index in [1.54, 1.807) is 36.4 Å². The van der Waals surface area contributed by atoms with Crippen molar-refractivity contribution < 1.29 is 14.3 Å². The minimum atomic E-state index is -0.509. The molecule has 0 saturated heterocycles. The summed E-state index contributed by atoms with van der Waals surface area (Å²) < 4.78 is 10.5. The Morgan fingerprint density at radius 1 is 1.14 bits per heavy atom. The van der Waals surface area contributed by atoms with E-state index >= 15 is 0 Å². The highest BCUT2D eigenvalue weighted by Gasteiger charge is 2.09. The molecule has 0 aliphatic rings. The van der Waals surface area contributed by atoms with Gasteiger partial charge in [-0.15, -0.1) is 0 Å². The van der Waals surface area contributed by atoms with Crippen LogP contribution in [0.15, 0.2) is 48.5 Å². The van der Waals surface area contributed by atoms with Crippen molar-refractivity contribution in [1.82, 2.24) is 0 Å². The van der Waals surface area contributed by atoms with E-state index in [2.05, 4.69) is 13.8 Å². The molecule has 4 heteroatoms. The summed E-state index contributed by atoms with van der Waals surface area (Å²) in [5.74, 6) is 0.768. The van der Waals surface area contributed by atoms with Crippen molar-refractivity contribution in [3.8, 4) is 17.6 Å². The molecule has 0 N–H and O–H groups in total. The topological polar surface area (TPSA) is 59.3 Å². The summed E-state index contributed by atoms with van der Waals surface area (Å²) in [4.78, 5) is 11.8. The normalized spacial score (nSPS) is 10.1. The van der Waals surface area contributed by atoms with Crippen LogP contribution in [-0.4, -0.2) is 12.6 Å². The van der Waals surface area contributed by atoms with E-state index in [9.17, 15) is 4.79 Å². The molecule has 0 aliphatic carbocycles. The van der Waals surface area contributed by atoms with Crippen LogP contribution in [0.25, 0.3) is 0 Å². The molecule has 0 aliphatic heterocycles. The van der Waals surface area contributed by atoms with Crippen molar-refractivity contribution in [2.24, 2.45) is 0 Å². The molecular weight excluding hydrogens is 278 g/mol. The number of nitrogens with zero attached hydrogens (tertiary/aromatic N) is 1. The van der Waals surface area contributed by atoms with Crippen LogP contribution in [0.4, 0.5) is 0 Å². The van der Waals surface area contributed by atoms with Gasteiger partial charge >= 0.3 is 5.97 Å². The number of esters is 1. The van der Waals surface area contributed by atoms with Crippen molar-refractivity contribution in [3.05, 3.63) is 59.7 Å². The molecule has 0 spiro atoms. The molecule has 22 heavy (non-hydrogen) atoms. The lowest BCUT2D eigenvalue weighted by Crippen LogP contribution is -2.18. The van der Waals surface area contributed by atoms with E-state index in [0.717, 1.165) is 0 Å². The van der Waals surface area contributed by atoms with Gasteiger partial charge in [-0.25, -0.2) is 4.79 Å². The fourth-order valence-electron chi connectivity index (χ4n) is 1.90. The smallest absolute Gasteiger partial charge is 0.349 e. The first-order valence-corrected chi connectivity index (χ1v) is 7.02. The molecule has 2 aromatic rings. The average molecular weight is 295 g/mol. The minimum Gasteiger partial charge on any atom is -0.481 e. The Morgan fingerprint density at radius 2 is 1.82 bits per heavy atom. The van der Waals surface area contributed by atoms with Gasteiger partial charge in [-0.3, -0.25) is 0 Å². The number of hydrogen-bond acceptors (Lipinski definition) is 4. The van der Waals surface area contributed by atoms with Crippen LogP contribution in [0.5, 0.6) is 11.5 Å². The van der Waals surface area contributed by atoms with Gasteiger partial charge in [0.1, 0.15) is 17.6 Å². The van der Waals surface area contributed by atoms with Gasteiger partial charge in [-0.05, 0) is 35.7 Å². The largest absolute Gasteiger partial charge is 0.481 e. The quantitative estimate of drug-likeness (QED) is 0.624. The predicted octanol–water partition coefficient (Wildman–Crippen LogP) is 3.67. The van der Waals surface area contributed by atoms with Crippen LogP contribution in [0, 0.1) is 11.3 Å². The van der Waals surface area contributed by atoms with Gasteiger partial charge in [-0.2, -0.15) is 5.26 Å². The maximum Gasteiger partial charge on any atom is 0.349 e. The molecule has 2 aromatic carbocycles. The molecule has 0 fully saturated rings. The van der Waals surface area contributed by atoms with Gasteiger partial charge in [0.15, 0.2) is 6.61 Å². The molecule has 112 valence electrons. The van der Waals surface area contributed by atoms with Crippen molar-refractivity contribution in [2.75, 3.05) is 6.61 Å². The van der Waals surface area contributed by atoms with Gasteiger partial charge in [-0.1, -0.05) is 38.1 Å². The SMILES string of the molecule is CC(C)c1ccc(OC(=O)COc2ccccc2C#N)cc1. The first-order chi connectivity index (χ1) is 10.6. The summed E-state index contributed by atoms with van der Waals surface area (Å²) >= 11 is 0. The zero-order valence-electron chi connectivity index (χ0n) is 12.6. The number of carbonyl (C=O) groups is 1. The molecular formula is C18H17NO3. The van der Waals surface area contributed by atoms with E-state index in [1.165, 1.54) is 5.56 Å². The molecule has 0 heterocycles. The van der Waals surface area contributed by atoms with Gasteiger partial charge < -0.3 is 9.47 Å².